The van der Waals surface area contributed by atoms with Gasteiger partial charge in [-0.2, -0.15) is 13.2 Å². The van der Waals surface area contributed by atoms with Gasteiger partial charge < -0.3 is 0 Å². The van der Waals surface area contributed by atoms with Crippen molar-refractivity contribution in [3.63, 3.8) is 0 Å². The molecule has 0 aliphatic heterocycles. The molecule has 0 amide bonds. The van der Waals surface area contributed by atoms with Crippen LogP contribution < -0.4 is 5.56 Å². The summed E-state index contributed by atoms with van der Waals surface area (Å²) in [6.45, 7) is 1.41. The third-order valence-electron chi connectivity index (χ3n) is 3.31. The smallest absolute Gasteiger partial charge is 0.296 e. The fraction of sp³-hybridized carbons (Fsp3) is 0.214. The molecule has 0 aliphatic carbocycles. The average molecular weight is 308 g/mol. The Morgan fingerprint density at radius 1 is 1.36 bits per heavy atom. The topological polar surface area (TPSA) is 63.1 Å². The van der Waals surface area contributed by atoms with Crippen molar-refractivity contribution >= 4 is 5.65 Å². The SMILES string of the molecule is Cc1nc2c(-c3cccnc3)c[nH]n2c(=O)c1CC(F)(F)F. The van der Waals surface area contributed by atoms with Crippen LogP contribution in [-0.4, -0.2) is 25.8 Å². The Morgan fingerprint density at radius 3 is 2.77 bits per heavy atom. The lowest BCUT2D eigenvalue weighted by Crippen LogP contribution is -2.26. The average Bonchev–Trinajstić information content (AvgIpc) is 2.87. The first-order valence-electron chi connectivity index (χ1n) is 6.43. The number of hydrogen-bond acceptors (Lipinski definition) is 3. The van der Waals surface area contributed by atoms with E-state index >= 15 is 0 Å². The third kappa shape index (κ3) is 2.47. The van der Waals surface area contributed by atoms with Gasteiger partial charge in [0, 0.05) is 41.0 Å². The molecule has 0 aromatic carbocycles. The predicted molar refractivity (Wildman–Crippen MR) is 73.5 cm³/mol. The van der Waals surface area contributed by atoms with Crippen molar-refractivity contribution < 1.29 is 13.2 Å². The maximum absolute atomic E-state index is 12.6. The van der Waals surface area contributed by atoms with E-state index < -0.39 is 18.2 Å². The fourth-order valence-electron chi connectivity index (χ4n) is 2.29. The van der Waals surface area contributed by atoms with Gasteiger partial charge in [0.2, 0.25) is 0 Å². The summed E-state index contributed by atoms with van der Waals surface area (Å²) >= 11 is 0. The maximum Gasteiger partial charge on any atom is 0.393 e. The molecular formula is C14H11F3N4O. The molecule has 3 rings (SSSR count). The summed E-state index contributed by atoms with van der Waals surface area (Å²) in [7, 11) is 0. The van der Waals surface area contributed by atoms with Crippen LogP contribution in [0.5, 0.6) is 0 Å². The highest BCUT2D eigenvalue weighted by molar-refractivity contribution is 5.76. The van der Waals surface area contributed by atoms with Crippen LogP contribution in [0.4, 0.5) is 13.2 Å². The number of hydrogen-bond donors (Lipinski definition) is 1. The van der Waals surface area contributed by atoms with Crippen molar-refractivity contribution in [1.82, 2.24) is 19.6 Å². The molecule has 0 atom stereocenters. The summed E-state index contributed by atoms with van der Waals surface area (Å²) < 4.78 is 38.8. The van der Waals surface area contributed by atoms with Gasteiger partial charge >= 0.3 is 6.18 Å². The van der Waals surface area contributed by atoms with E-state index in [2.05, 4.69) is 15.1 Å². The summed E-state index contributed by atoms with van der Waals surface area (Å²) in [5.41, 5.74) is 0.580. The minimum Gasteiger partial charge on any atom is -0.296 e. The van der Waals surface area contributed by atoms with E-state index in [-0.39, 0.29) is 16.9 Å². The summed E-state index contributed by atoms with van der Waals surface area (Å²) in [5.74, 6) is 0. The summed E-state index contributed by atoms with van der Waals surface area (Å²) in [6.07, 6.45) is -1.04. The van der Waals surface area contributed by atoms with Crippen LogP contribution >= 0.6 is 0 Å². The lowest BCUT2D eigenvalue weighted by atomic mass is 10.1. The number of halogens is 3. The Hall–Kier alpha value is -2.64. The molecule has 0 radical (unpaired) electrons. The van der Waals surface area contributed by atoms with Crippen molar-refractivity contribution in [1.29, 1.82) is 0 Å². The Labute approximate surface area is 122 Å². The van der Waals surface area contributed by atoms with Gasteiger partial charge in [-0.15, -0.1) is 0 Å². The fourth-order valence-corrected chi connectivity index (χ4v) is 2.29. The van der Waals surface area contributed by atoms with E-state index in [1.54, 1.807) is 24.5 Å². The highest BCUT2D eigenvalue weighted by Crippen LogP contribution is 2.24. The normalized spacial score (nSPS) is 12.0. The molecule has 0 bridgehead atoms. The number of aryl methyl sites for hydroxylation is 1. The highest BCUT2D eigenvalue weighted by Gasteiger charge is 2.31. The molecule has 0 fully saturated rings. The van der Waals surface area contributed by atoms with Crippen LogP contribution in [0.1, 0.15) is 11.3 Å². The number of fused-ring (bicyclic) bond motifs is 1. The number of alkyl halides is 3. The first-order valence-corrected chi connectivity index (χ1v) is 6.43. The van der Waals surface area contributed by atoms with E-state index in [9.17, 15) is 18.0 Å². The van der Waals surface area contributed by atoms with Gasteiger partial charge in [0.05, 0.1) is 6.42 Å². The van der Waals surface area contributed by atoms with Gasteiger partial charge in [0.1, 0.15) is 0 Å². The first kappa shape index (κ1) is 14.3. The first-order chi connectivity index (χ1) is 10.4. The molecule has 0 spiro atoms. The molecule has 5 nitrogen and oxygen atoms in total. The van der Waals surface area contributed by atoms with Crippen LogP contribution in [0.25, 0.3) is 16.8 Å². The lowest BCUT2D eigenvalue weighted by Gasteiger charge is -2.08. The number of nitrogens with one attached hydrogen (secondary N) is 1. The molecule has 8 heteroatoms. The third-order valence-corrected chi connectivity index (χ3v) is 3.31. The van der Waals surface area contributed by atoms with E-state index in [0.29, 0.717) is 5.56 Å². The molecule has 0 unspecified atom stereocenters. The minimum atomic E-state index is -4.46. The molecule has 114 valence electrons. The lowest BCUT2D eigenvalue weighted by molar-refractivity contribution is -0.127. The maximum atomic E-state index is 12.6. The number of aromatic nitrogens is 4. The van der Waals surface area contributed by atoms with E-state index in [1.807, 2.05) is 0 Å². The molecule has 3 aromatic heterocycles. The van der Waals surface area contributed by atoms with Crippen molar-refractivity contribution in [2.24, 2.45) is 0 Å². The Bertz CT molecular complexity index is 881. The second-order valence-corrected chi connectivity index (χ2v) is 4.86. The quantitative estimate of drug-likeness (QED) is 0.791. The Balaban J connectivity index is 2.22. The second kappa shape index (κ2) is 4.97. The molecule has 22 heavy (non-hydrogen) atoms. The zero-order valence-corrected chi connectivity index (χ0v) is 11.5. The Kier molecular flexibility index (Phi) is 3.23. The predicted octanol–water partition coefficient (Wildman–Crippen LogP) is 2.50. The van der Waals surface area contributed by atoms with Crippen LogP contribution in [0.2, 0.25) is 0 Å². The zero-order valence-electron chi connectivity index (χ0n) is 11.5. The van der Waals surface area contributed by atoms with E-state index in [0.717, 1.165) is 10.1 Å². The Morgan fingerprint density at radius 2 is 2.14 bits per heavy atom. The zero-order chi connectivity index (χ0) is 15.9. The van der Waals surface area contributed by atoms with Gasteiger partial charge in [-0.05, 0) is 13.0 Å². The minimum absolute atomic E-state index is 0.0760. The van der Waals surface area contributed by atoms with E-state index in [1.165, 1.54) is 13.1 Å². The molecular weight excluding hydrogens is 297 g/mol. The number of nitrogens with zero attached hydrogens (tertiary/aromatic N) is 3. The van der Waals surface area contributed by atoms with Crippen LogP contribution in [0, 0.1) is 6.92 Å². The standard InChI is InChI=1S/C14H11F3N4O/c1-8-10(5-14(15,16)17)13(22)21-12(20-8)11(7-19-21)9-3-2-4-18-6-9/h2-4,6-7,19H,5H2,1H3. The van der Waals surface area contributed by atoms with Crippen molar-refractivity contribution in [3.05, 3.63) is 52.3 Å². The van der Waals surface area contributed by atoms with Crippen LogP contribution in [0.3, 0.4) is 0 Å². The molecule has 3 aromatic rings. The van der Waals surface area contributed by atoms with Gasteiger partial charge in [-0.1, -0.05) is 6.07 Å². The highest BCUT2D eigenvalue weighted by atomic mass is 19.4. The molecule has 1 N–H and O–H groups in total. The number of rotatable bonds is 2. The van der Waals surface area contributed by atoms with Gasteiger partial charge in [-0.25, -0.2) is 9.50 Å². The molecule has 0 aliphatic rings. The summed E-state index contributed by atoms with van der Waals surface area (Å²) in [4.78, 5) is 20.4. The second-order valence-electron chi connectivity index (χ2n) is 4.86. The molecule has 0 saturated heterocycles. The summed E-state index contributed by atoms with van der Waals surface area (Å²) in [5, 5.41) is 2.65. The van der Waals surface area contributed by atoms with Gasteiger partial charge in [-0.3, -0.25) is 14.9 Å². The van der Waals surface area contributed by atoms with Crippen molar-refractivity contribution in [2.75, 3.05) is 0 Å². The largest absolute Gasteiger partial charge is 0.393 e. The number of aromatic amines is 1. The van der Waals surface area contributed by atoms with Gasteiger partial charge in [0.25, 0.3) is 5.56 Å². The monoisotopic (exact) mass is 308 g/mol. The molecule has 0 saturated carbocycles. The van der Waals surface area contributed by atoms with Crippen molar-refractivity contribution in [3.8, 4) is 11.1 Å². The van der Waals surface area contributed by atoms with Crippen LogP contribution in [-0.2, 0) is 6.42 Å². The number of pyridine rings is 1. The van der Waals surface area contributed by atoms with Gasteiger partial charge in [0.15, 0.2) is 5.65 Å². The number of H-pyrrole nitrogens is 1. The summed E-state index contributed by atoms with van der Waals surface area (Å²) in [6, 6.07) is 3.50. The van der Waals surface area contributed by atoms with Crippen molar-refractivity contribution in [2.45, 2.75) is 19.5 Å². The molecule has 3 heterocycles. The van der Waals surface area contributed by atoms with E-state index in [4.69, 9.17) is 0 Å². The van der Waals surface area contributed by atoms with Crippen LogP contribution in [0.15, 0.2) is 35.5 Å².